The second-order valence-corrected chi connectivity index (χ2v) is 4.77. The highest BCUT2D eigenvalue weighted by Crippen LogP contribution is 2.33. The molecule has 0 amide bonds. The molecule has 0 aliphatic heterocycles. The molecule has 0 rings (SSSR count). The van der Waals surface area contributed by atoms with Crippen molar-refractivity contribution in [1.82, 2.24) is 5.32 Å². The van der Waals surface area contributed by atoms with E-state index in [4.69, 9.17) is 0 Å². The number of hydrogen-bond donors (Lipinski definition) is 1. The summed E-state index contributed by atoms with van der Waals surface area (Å²) in [5.41, 5.74) is -1.58. The first-order chi connectivity index (χ1) is 7.33. The monoisotopic (exact) mass is 265 g/mol. The number of alkyl halides is 6. The fourth-order valence-electron chi connectivity index (χ4n) is 1.77. The highest BCUT2D eigenvalue weighted by atomic mass is 19.4. The summed E-state index contributed by atoms with van der Waals surface area (Å²) in [6, 6.07) is -0.310. The Balaban J connectivity index is 4.61. The second kappa shape index (κ2) is 5.46. The summed E-state index contributed by atoms with van der Waals surface area (Å²) in [5.74, 6) is 0. The van der Waals surface area contributed by atoms with Gasteiger partial charge in [-0.25, -0.2) is 0 Å². The third-order valence-electron chi connectivity index (χ3n) is 2.19. The van der Waals surface area contributed by atoms with E-state index in [0.29, 0.717) is 0 Å². The quantitative estimate of drug-likeness (QED) is 0.740. The first-order valence-electron chi connectivity index (χ1n) is 5.24. The smallest absolute Gasteiger partial charge is 0.309 e. The standard InChI is InChI=1S/C10H17F6N/c1-7(2)17-8(3,6-10(14,15)16)4-5-9(11,12)13/h7,17H,4-6H2,1-3H3. The molecule has 1 N–H and O–H groups in total. The minimum Gasteiger partial charge on any atom is -0.309 e. The second-order valence-electron chi connectivity index (χ2n) is 4.77. The summed E-state index contributed by atoms with van der Waals surface area (Å²) < 4.78 is 73.0. The molecule has 0 saturated heterocycles. The van der Waals surface area contributed by atoms with Gasteiger partial charge in [0.15, 0.2) is 0 Å². The lowest BCUT2D eigenvalue weighted by atomic mass is 9.90. The molecule has 104 valence electrons. The number of nitrogens with one attached hydrogen (secondary N) is 1. The van der Waals surface area contributed by atoms with Crippen molar-refractivity contribution in [3.05, 3.63) is 0 Å². The zero-order chi connectivity index (χ0) is 13.9. The number of hydrogen-bond acceptors (Lipinski definition) is 1. The molecule has 0 saturated carbocycles. The van der Waals surface area contributed by atoms with Crippen molar-refractivity contribution < 1.29 is 26.3 Å². The van der Waals surface area contributed by atoms with Crippen LogP contribution in [0.3, 0.4) is 0 Å². The van der Waals surface area contributed by atoms with E-state index in [1.807, 2.05) is 0 Å². The van der Waals surface area contributed by atoms with Crippen LogP contribution in [0.15, 0.2) is 0 Å². The van der Waals surface area contributed by atoms with Crippen LogP contribution in [0, 0.1) is 0 Å². The van der Waals surface area contributed by atoms with Crippen molar-refractivity contribution in [2.45, 2.75) is 64.0 Å². The lowest BCUT2D eigenvalue weighted by Gasteiger charge is -2.34. The molecule has 0 aliphatic rings. The summed E-state index contributed by atoms with van der Waals surface area (Å²) in [4.78, 5) is 0. The molecule has 1 unspecified atom stereocenters. The van der Waals surface area contributed by atoms with Crippen molar-refractivity contribution in [2.75, 3.05) is 0 Å². The van der Waals surface area contributed by atoms with Crippen LogP contribution in [0.1, 0.15) is 40.0 Å². The summed E-state index contributed by atoms with van der Waals surface area (Å²) in [7, 11) is 0. The average molecular weight is 265 g/mol. The molecule has 0 aromatic rings. The molecule has 0 fully saturated rings. The number of halogens is 6. The van der Waals surface area contributed by atoms with Gasteiger partial charge in [-0.05, 0) is 13.3 Å². The van der Waals surface area contributed by atoms with Crippen LogP contribution in [-0.4, -0.2) is 23.9 Å². The highest BCUT2D eigenvalue weighted by molar-refractivity contribution is 4.87. The van der Waals surface area contributed by atoms with Gasteiger partial charge >= 0.3 is 12.4 Å². The Morgan fingerprint density at radius 3 is 1.65 bits per heavy atom. The average Bonchev–Trinajstić information content (AvgIpc) is 1.94. The summed E-state index contributed by atoms with van der Waals surface area (Å²) >= 11 is 0. The van der Waals surface area contributed by atoms with Crippen molar-refractivity contribution in [1.29, 1.82) is 0 Å². The number of rotatable bonds is 5. The zero-order valence-corrected chi connectivity index (χ0v) is 9.97. The predicted molar refractivity (Wildman–Crippen MR) is 52.6 cm³/mol. The molecular weight excluding hydrogens is 248 g/mol. The largest absolute Gasteiger partial charge is 0.390 e. The maximum atomic E-state index is 12.3. The van der Waals surface area contributed by atoms with Gasteiger partial charge in [-0.15, -0.1) is 0 Å². The minimum atomic E-state index is -4.48. The lowest BCUT2D eigenvalue weighted by Crippen LogP contribution is -2.49. The van der Waals surface area contributed by atoms with Crippen LogP contribution in [0.5, 0.6) is 0 Å². The first kappa shape index (κ1) is 16.5. The Morgan fingerprint density at radius 2 is 1.35 bits per heavy atom. The van der Waals surface area contributed by atoms with E-state index in [1.54, 1.807) is 13.8 Å². The van der Waals surface area contributed by atoms with E-state index in [9.17, 15) is 26.3 Å². The van der Waals surface area contributed by atoms with Gasteiger partial charge in [0.05, 0.1) is 6.42 Å². The molecule has 0 aromatic carbocycles. The van der Waals surface area contributed by atoms with Gasteiger partial charge in [0.25, 0.3) is 0 Å². The molecule has 0 radical (unpaired) electrons. The molecule has 0 aliphatic carbocycles. The molecule has 0 spiro atoms. The molecule has 1 nitrogen and oxygen atoms in total. The van der Waals surface area contributed by atoms with Crippen LogP contribution in [0.4, 0.5) is 26.3 Å². The normalized spacial score (nSPS) is 17.3. The van der Waals surface area contributed by atoms with E-state index >= 15 is 0 Å². The molecule has 1 atom stereocenters. The van der Waals surface area contributed by atoms with Crippen molar-refractivity contribution in [3.63, 3.8) is 0 Å². The SMILES string of the molecule is CC(C)NC(C)(CCC(F)(F)F)CC(F)(F)F. The van der Waals surface area contributed by atoms with Crippen LogP contribution in [0.2, 0.25) is 0 Å². The van der Waals surface area contributed by atoms with Crippen molar-refractivity contribution >= 4 is 0 Å². The minimum absolute atomic E-state index is 0.310. The first-order valence-corrected chi connectivity index (χ1v) is 5.24. The van der Waals surface area contributed by atoms with E-state index in [2.05, 4.69) is 5.32 Å². The van der Waals surface area contributed by atoms with Gasteiger partial charge in [0.1, 0.15) is 0 Å². The fraction of sp³-hybridized carbons (Fsp3) is 1.00. The van der Waals surface area contributed by atoms with Gasteiger partial charge in [0, 0.05) is 18.0 Å². The Kier molecular flexibility index (Phi) is 5.31. The molecule has 0 aromatic heterocycles. The Bertz CT molecular complexity index is 232. The zero-order valence-electron chi connectivity index (χ0n) is 9.97. The van der Waals surface area contributed by atoms with Gasteiger partial charge in [0.2, 0.25) is 0 Å². The molecule has 0 bridgehead atoms. The van der Waals surface area contributed by atoms with Gasteiger partial charge < -0.3 is 5.32 Å². The molecule has 7 heteroatoms. The molecule has 17 heavy (non-hydrogen) atoms. The molecular formula is C10H17F6N. The van der Waals surface area contributed by atoms with Crippen LogP contribution < -0.4 is 5.32 Å². The van der Waals surface area contributed by atoms with Crippen molar-refractivity contribution in [3.8, 4) is 0 Å². The summed E-state index contributed by atoms with van der Waals surface area (Å²) in [6.07, 6.45) is -12.0. The highest BCUT2D eigenvalue weighted by Gasteiger charge is 2.41. The fourth-order valence-corrected chi connectivity index (χ4v) is 1.77. The maximum Gasteiger partial charge on any atom is 0.390 e. The Labute approximate surface area is 96.6 Å². The Morgan fingerprint density at radius 1 is 0.882 bits per heavy atom. The van der Waals surface area contributed by atoms with E-state index in [-0.39, 0.29) is 6.04 Å². The van der Waals surface area contributed by atoms with Crippen LogP contribution in [0.25, 0.3) is 0 Å². The van der Waals surface area contributed by atoms with E-state index in [0.717, 1.165) is 0 Å². The topological polar surface area (TPSA) is 12.0 Å². The maximum absolute atomic E-state index is 12.3. The summed E-state index contributed by atoms with van der Waals surface area (Å²) in [5, 5.41) is 2.57. The van der Waals surface area contributed by atoms with Crippen LogP contribution >= 0.6 is 0 Å². The Hall–Kier alpha value is -0.460. The third-order valence-corrected chi connectivity index (χ3v) is 2.19. The lowest BCUT2D eigenvalue weighted by molar-refractivity contribution is -0.162. The third kappa shape index (κ3) is 9.26. The van der Waals surface area contributed by atoms with Gasteiger partial charge in [-0.2, -0.15) is 26.3 Å². The van der Waals surface area contributed by atoms with Crippen LogP contribution in [-0.2, 0) is 0 Å². The van der Waals surface area contributed by atoms with E-state index in [1.165, 1.54) is 6.92 Å². The van der Waals surface area contributed by atoms with Gasteiger partial charge in [-0.3, -0.25) is 0 Å². The van der Waals surface area contributed by atoms with Crippen molar-refractivity contribution in [2.24, 2.45) is 0 Å². The van der Waals surface area contributed by atoms with E-state index < -0.39 is 37.2 Å². The summed E-state index contributed by atoms with van der Waals surface area (Å²) in [6.45, 7) is 4.37. The predicted octanol–water partition coefficient (Wildman–Crippen LogP) is 4.04. The van der Waals surface area contributed by atoms with Gasteiger partial charge in [-0.1, -0.05) is 13.8 Å². The molecule has 0 heterocycles.